The first-order valence-corrected chi connectivity index (χ1v) is 14.2. The van der Waals surface area contributed by atoms with Gasteiger partial charge in [-0.3, -0.25) is 13.9 Å². The van der Waals surface area contributed by atoms with Gasteiger partial charge in [-0.2, -0.15) is 15.4 Å². The largest absolute Gasteiger partial charge is 0.574 e. The minimum absolute atomic E-state index is 0.0654. The van der Waals surface area contributed by atoms with Crippen LogP contribution in [0.5, 0.6) is 11.5 Å². The second-order valence-corrected chi connectivity index (χ2v) is 10.9. The average Bonchev–Trinajstić information content (AvgIpc) is 3.48. The summed E-state index contributed by atoms with van der Waals surface area (Å²) >= 11 is 0. The Morgan fingerprint density at radius 2 is 2.02 bits per heavy atom. The third-order valence-electron chi connectivity index (χ3n) is 6.22. The summed E-state index contributed by atoms with van der Waals surface area (Å²) in [4.78, 5) is 41.9. The molecule has 2 aromatic heterocycles. The fourth-order valence-corrected chi connectivity index (χ4v) is 4.73. The highest BCUT2D eigenvalue weighted by molar-refractivity contribution is 7.33. The Kier molecular flexibility index (Phi) is 9.63. The van der Waals surface area contributed by atoms with Crippen molar-refractivity contribution in [3.05, 3.63) is 30.6 Å². The molecular formula is C26H32FN8O7P. The molecule has 4 N–H and O–H groups in total. The number of aliphatic hydroxyl groups excluding tert-OH is 1. The first-order chi connectivity index (χ1) is 20.3. The summed E-state index contributed by atoms with van der Waals surface area (Å²) < 4.78 is 39.1. The Morgan fingerprint density at radius 3 is 2.65 bits per heavy atom. The van der Waals surface area contributed by atoms with Gasteiger partial charge in [-0.05, 0) is 45.0 Å². The van der Waals surface area contributed by atoms with E-state index < -0.39 is 44.3 Å². The number of anilines is 2. The normalized spacial score (nSPS) is 22.8. The molecule has 0 bridgehead atoms. The number of hydrogen-bond donors (Lipinski definition) is 3. The van der Waals surface area contributed by atoms with Crippen molar-refractivity contribution in [3.63, 3.8) is 0 Å². The second-order valence-electron chi connectivity index (χ2n) is 10.1. The molecule has 0 aliphatic carbocycles. The number of nitrogen functional groups attached to an aromatic ring is 1. The van der Waals surface area contributed by atoms with E-state index in [-0.39, 0.29) is 30.1 Å². The van der Waals surface area contributed by atoms with Crippen LogP contribution in [0.2, 0.25) is 0 Å². The number of carbonyl (C=O) groups is 1. The third-order valence-corrected chi connectivity index (χ3v) is 6.87. The van der Waals surface area contributed by atoms with Gasteiger partial charge in [0.25, 0.3) is 0 Å². The molecule has 1 aliphatic rings. The number of nitrogens with zero attached hydrogens (tertiary/aromatic N) is 6. The van der Waals surface area contributed by atoms with Crippen LogP contribution in [0.25, 0.3) is 11.2 Å². The maximum atomic E-state index is 16.0. The van der Waals surface area contributed by atoms with Gasteiger partial charge >= 0.3 is 14.1 Å². The number of rotatable bonds is 11. The van der Waals surface area contributed by atoms with Crippen LogP contribution in [-0.4, -0.2) is 81.3 Å². The molecule has 1 saturated heterocycles. The number of fused-ring (bicyclic) bond motifs is 1. The Morgan fingerprint density at radius 1 is 1.35 bits per heavy atom. The number of esters is 1. The van der Waals surface area contributed by atoms with Gasteiger partial charge in [-0.1, -0.05) is 5.92 Å². The summed E-state index contributed by atoms with van der Waals surface area (Å²) in [6, 6.07) is 5.12. The molecule has 0 radical (unpaired) electrons. The molecule has 4 rings (SSSR count). The molecular weight excluding hydrogens is 586 g/mol. The van der Waals surface area contributed by atoms with Crippen LogP contribution in [0, 0.1) is 12.3 Å². The van der Waals surface area contributed by atoms with Crippen molar-refractivity contribution in [3.8, 4) is 23.8 Å². The number of terminal acetylenes is 1. The van der Waals surface area contributed by atoms with Crippen molar-refractivity contribution in [2.45, 2.75) is 57.0 Å². The van der Waals surface area contributed by atoms with Gasteiger partial charge in [-0.25, -0.2) is 9.37 Å². The number of benzene rings is 1. The molecule has 1 aliphatic heterocycles. The summed E-state index contributed by atoms with van der Waals surface area (Å²) in [5, 5.41) is 10.8. The number of nitrogens with two attached hydrogens (primary N) is 1. The highest BCUT2D eigenvalue weighted by Crippen LogP contribution is 2.43. The lowest BCUT2D eigenvalue weighted by molar-refractivity contribution is -0.169. The van der Waals surface area contributed by atoms with Crippen LogP contribution in [0.1, 0.15) is 27.0 Å². The standard InChI is InChI=1S/C26H32FN8O7P/c1-7-26(27)20(36)18(41-24(26)35-13-29-19-21(34(5)6)30-25(28)31-22(19)35)12-39-16-8-10-17(11-9-16)42-43(38)33-32-15(4)23(37)40-14(2)3/h1,8-11,13-15,18,20,24,32,36H,12H2,2-6H3,(H2,28,30,31)/t15-,18+,20+,24+,26+/m0/s1. The molecule has 6 atom stereocenters. The summed E-state index contributed by atoms with van der Waals surface area (Å²) in [6.45, 7) is 4.66. The quantitative estimate of drug-likeness (QED) is 0.120. The van der Waals surface area contributed by atoms with E-state index in [0.29, 0.717) is 17.1 Å². The van der Waals surface area contributed by atoms with E-state index in [0.717, 1.165) is 0 Å². The molecule has 1 unspecified atom stereocenters. The van der Waals surface area contributed by atoms with Gasteiger partial charge < -0.3 is 34.8 Å². The molecule has 230 valence electrons. The minimum atomic E-state index is -2.65. The van der Waals surface area contributed by atoms with Crippen LogP contribution >= 0.6 is 8.17 Å². The Bertz CT molecular complexity index is 1530. The van der Waals surface area contributed by atoms with E-state index >= 15 is 4.39 Å². The van der Waals surface area contributed by atoms with E-state index in [1.807, 2.05) is 5.92 Å². The predicted molar refractivity (Wildman–Crippen MR) is 152 cm³/mol. The summed E-state index contributed by atoms with van der Waals surface area (Å²) in [7, 11) is 0.935. The van der Waals surface area contributed by atoms with E-state index in [9.17, 15) is 14.8 Å². The van der Waals surface area contributed by atoms with E-state index in [1.54, 1.807) is 32.8 Å². The van der Waals surface area contributed by atoms with Crippen molar-refractivity contribution < 1.29 is 37.9 Å². The zero-order valence-corrected chi connectivity index (χ0v) is 24.9. The van der Waals surface area contributed by atoms with Crippen LogP contribution < -0.4 is 30.2 Å². The lowest BCUT2D eigenvalue weighted by Crippen LogP contribution is -2.42. The molecule has 1 fully saturated rings. The third kappa shape index (κ3) is 6.93. The van der Waals surface area contributed by atoms with Crippen molar-refractivity contribution in [2.75, 3.05) is 31.3 Å². The SMILES string of the molecule is C#C[C@@]1(F)[C@H](O)[C@@H](COc2ccc(O/[P+]([O-])=N/N[C@@H](C)C(=O)OC(C)C)cc2)O[C@H]1n1cnc2c(N(C)C)nc(N)nc21. The van der Waals surface area contributed by atoms with E-state index in [4.69, 9.17) is 30.9 Å². The number of hydrogen-bond acceptors (Lipinski definition) is 13. The molecule has 3 aromatic rings. The second kappa shape index (κ2) is 13.0. The zero-order valence-electron chi connectivity index (χ0n) is 24.0. The first kappa shape index (κ1) is 31.8. The van der Waals surface area contributed by atoms with Gasteiger partial charge in [0.1, 0.15) is 30.6 Å². The number of nitrogens with one attached hydrogen (secondary N) is 1. The molecule has 0 spiro atoms. The number of alkyl halides is 1. The molecule has 15 nitrogen and oxygen atoms in total. The predicted octanol–water partition coefficient (Wildman–Crippen LogP) is 1.23. The molecule has 0 amide bonds. The van der Waals surface area contributed by atoms with Gasteiger partial charge in [-0.15, -0.1) is 6.42 Å². The molecule has 0 saturated carbocycles. The molecule has 1 aromatic carbocycles. The van der Waals surface area contributed by atoms with E-state index in [2.05, 4.69) is 25.2 Å². The Labute approximate surface area is 247 Å². The van der Waals surface area contributed by atoms with Gasteiger partial charge in [0.05, 0.1) is 12.4 Å². The Hall–Kier alpha value is -4.13. The highest BCUT2D eigenvalue weighted by atomic mass is 31.1. The minimum Gasteiger partial charge on any atom is -0.574 e. The lowest BCUT2D eigenvalue weighted by Gasteiger charge is -2.23. The number of carbonyl (C=O) groups excluding carboxylic acids is 1. The van der Waals surface area contributed by atoms with Crippen molar-refractivity contribution in [2.24, 2.45) is 4.85 Å². The lowest BCUT2D eigenvalue weighted by atomic mass is 9.97. The number of ether oxygens (including phenoxy) is 3. The summed E-state index contributed by atoms with van der Waals surface area (Å²) in [6.07, 6.45) is 2.10. The van der Waals surface area contributed by atoms with Gasteiger partial charge in [0, 0.05) is 18.9 Å². The van der Waals surface area contributed by atoms with Crippen molar-refractivity contribution in [1.82, 2.24) is 24.9 Å². The maximum absolute atomic E-state index is 16.0. The molecule has 43 heavy (non-hydrogen) atoms. The number of halogens is 1. The fourth-order valence-electron chi connectivity index (χ4n) is 4.12. The van der Waals surface area contributed by atoms with Gasteiger partial charge in [0.15, 0.2) is 29.0 Å². The van der Waals surface area contributed by atoms with Crippen LogP contribution in [0.3, 0.4) is 0 Å². The fraction of sp³-hybridized carbons (Fsp3) is 0.462. The number of aliphatic hydroxyl groups is 1. The van der Waals surface area contributed by atoms with E-state index in [1.165, 1.54) is 42.1 Å². The van der Waals surface area contributed by atoms with Crippen molar-refractivity contribution >= 4 is 37.1 Å². The van der Waals surface area contributed by atoms with Crippen LogP contribution in [0.15, 0.2) is 35.4 Å². The van der Waals surface area contributed by atoms with Gasteiger partial charge in [0.2, 0.25) is 11.6 Å². The van der Waals surface area contributed by atoms with Crippen LogP contribution in [0.4, 0.5) is 16.2 Å². The topological polar surface area (TPSA) is 195 Å². The van der Waals surface area contributed by atoms with Crippen molar-refractivity contribution in [1.29, 1.82) is 0 Å². The average molecular weight is 619 g/mol. The number of imidazole rings is 1. The molecule has 17 heteroatoms. The first-order valence-electron chi connectivity index (χ1n) is 13.1. The monoisotopic (exact) mass is 618 g/mol. The Balaban J connectivity index is 1.40. The highest BCUT2D eigenvalue weighted by Gasteiger charge is 2.58. The zero-order chi connectivity index (χ0) is 31.5. The smallest absolute Gasteiger partial charge is 0.412 e. The maximum Gasteiger partial charge on any atom is 0.412 e. The summed E-state index contributed by atoms with van der Waals surface area (Å²) in [5.74, 6) is 2.33. The van der Waals surface area contributed by atoms with Crippen LogP contribution in [-0.2, 0) is 14.3 Å². The summed E-state index contributed by atoms with van der Waals surface area (Å²) in [5.41, 5.74) is 6.16. The number of aromatic nitrogens is 4. The molecule has 3 heterocycles.